The number of nitro benzene ring substituents is 1. The number of piperidine rings is 1. The van der Waals surface area contributed by atoms with Crippen LogP contribution in [0.15, 0.2) is 18.2 Å². The number of halogens is 2. The molecule has 1 heterocycles. The topological polar surface area (TPSA) is 89.5 Å². The van der Waals surface area contributed by atoms with Crippen molar-refractivity contribution in [2.75, 3.05) is 19.6 Å². The standard InChI is InChI=1S/C14H18ClN3O3.ClH/c15-11-3-4-12(13(8-11)18(20)21)14(19)17-7-1-2-10(9-17)5-6-16;/h3-4,8,10H,1-2,5-7,9,16H2;1H. The Hall–Kier alpha value is -1.37. The molecule has 1 aromatic carbocycles. The molecule has 1 saturated heterocycles. The van der Waals surface area contributed by atoms with E-state index in [4.69, 9.17) is 17.3 Å². The van der Waals surface area contributed by atoms with Crippen molar-refractivity contribution >= 4 is 35.6 Å². The van der Waals surface area contributed by atoms with Crippen LogP contribution in [0, 0.1) is 16.0 Å². The summed E-state index contributed by atoms with van der Waals surface area (Å²) >= 11 is 5.77. The highest BCUT2D eigenvalue weighted by atomic mass is 35.5. The molecule has 1 aliphatic rings. The lowest BCUT2D eigenvalue weighted by Gasteiger charge is -2.32. The van der Waals surface area contributed by atoms with Gasteiger partial charge in [-0.25, -0.2) is 0 Å². The maximum Gasteiger partial charge on any atom is 0.283 e. The smallest absolute Gasteiger partial charge is 0.283 e. The summed E-state index contributed by atoms with van der Waals surface area (Å²) in [6, 6.07) is 4.15. The molecule has 0 spiro atoms. The number of nitro groups is 1. The van der Waals surface area contributed by atoms with Crippen LogP contribution in [0.5, 0.6) is 0 Å². The third-order valence-electron chi connectivity index (χ3n) is 3.77. The summed E-state index contributed by atoms with van der Waals surface area (Å²) in [4.78, 5) is 24.7. The highest BCUT2D eigenvalue weighted by Crippen LogP contribution is 2.27. The molecule has 8 heteroatoms. The normalized spacial score (nSPS) is 17.7. The third-order valence-corrected chi connectivity index (χ3v) is 4.00. The number of nitrogens with two attached hydrogens (primary N) is 1. The van der Waals surface area contributed by atoms with E-state index < -0.39 is 4.92 Å². The molecule has 0 aromatic heterocycles. The molecule has 1 aromatic rings. The number of carbonyl (C=O) groups excluding carboxylic acids is 1. The average Bonchev–Trinajstić information content (AvgIpc) is 2.47. The summed E-state index contributed by atoms with van der Waals surface area (Å²) in [6.07, 6.45) is 2.81. The first kappa shape index (κ1) is 18.7. The molecule has 22 heavy (non-hydrogen) atoms. The Kier molecular flexibility index (Phi) is 7.06. The van der Waals surface area contributed by atoms with E-state index in [-0.39, 0.29) is 34.6 Å². The number of benzene rings is 1. The number of nitrogens with zero attached hydrogens (tertiary/aromatic N) is 2. The molecule has 122 valence electrons. The Morgan fingerprint density at radius 2 is 2.23 bits per heavy atom. The quantitative estimate of drug-likeness (QED) is 0.669. The molecule has 0 aliphatic carbocycles. The van der Waals surface area contributed by atoms with E-state index >= 15 is 0 Å². The predicted molar refractivity (Wildman–Crippen MR) is 87.7 cm³/mol. The second kappa shape index (κ2) is 8.31. The second-order valence-corrected chi connectivity index (χ2v) is 5.69. The van der Waals surface area contributed by atoms with Gasteiger partial charge in [0.25, 0.3) is 11.6 Å². The molecule has 2 N–H and O–H groups in total. The van der Waals surface area contributed by atoms with Gasteiger partial charge in [-0.05, 0) is 43.9 Å². The van der Waals surface area contributed by atoms with Crippen LogP contribution in [0.4, 0.5) is 5.69 Å². The van der Waals surface area contributed by atoms with Crippen molar-refractivity contribution in [1.29, 1.82) is 0 Å². The Labute approximate surface area is 140 Å². The van der Waals surface area contributed by atoms with Gasteiger partial charge >= 0.3 is 0 Å². The van der Waals surface area contributed by atoms with Crippen LogP contribution in [-0.4, -0.2) is 35.4 Å². The van der Waals surface area contributed by atoms with Gasteiger partial charge in [0, 0.05) is 24.2 Å². The molecule has 1 aliphatic heterocycles. The van der Waals surface area contributed by atoms with E-state index in [1.54, 1.807) is 4.90 Å². The van der Waals surface area contributed by atoms with Crippen molar-refractivity contribution < 1.29 is 9.72 Å². The molecular formula is C14H19Cl2N3O3. The van der Waals surface area contributed by atoms with E-state index in [1.807, 2.05) is 0 Å². The summed E-state index contributed by atoms with van der Waals surface area (Å²) in [5.74, 6) is 0.0687. The fourth-order valence-corrected chi connectivity index (χ4v) is 2.89. The molecule has 0 saturated carbocycles. The SMILES string of the molecule is Cl.NCCC1CCCN(C(=O)c2ccc(Cl)cc2[N+](=O)[O-])C1. The first-order chi connectivity index (χ1) is 10.0. The van der Waals surface area contributed by atoms with Crippen LogP contribution in [-0.2, 0) is 0 Å². The molecule has 1 fully saturated rings. The van der Waals surface area contributed by atoms with E-state index in [0.717, 1.165) is 19.3 Å². The first-order valence-electron chi connectivity index (χ1n) is 6.96. The maximum absolute atomic E-state index is 12.5. The van der Waals surface area contributed by atoms with Crippen molar-refractivity contribution in [2.24, 2.45) is 11.7 Å². The van der Waals surface area contributed by atoms with Crippen LogP contribution in [0.2, 0.25) is 5.02 Å². The zero-order chi connectivity index (χ0) is 15.4. The minimum atomic E-state index is -0.569. The zero-order valence-corrected chi connectivity index (χ0v) is 13.6. The minimum Gasteiger partial charge on any atom is -0.338 e. The Morgan fingerprint density at radius 1 is 1.50 bits per heavy atom. The van der Waals surface area contributed by atoms with Crippen molar-refractivity contribution in [3.05, 3.63) is 38.9 Å². The van der Waals surface area contributed by atoms with Crippen LogP contribution in [0.3, 0.4) is 0 Å². The van der Waals surface area contributed by atoms with Crippen LogP contribution >= 0.6 is 24.0 Å². The average molecular weight is 348 g/mol. The van der Waals surface area contributed by atoms with Gasteiger partial charge < -0.3 is 10.6 Å². The van der Waals surface area contributed by atoms with Gasteiger partial charge in [0.05, 0.1) is 4.92 Å². The second-order valence-electron chi connectivity index (χ2n) is 5.26. The van der Waals surface area contributed by atoms with Crippen LogP contribution < -0.4 is 5.73 Å². The summed E-state index contributed by atoms with van der Waals surface area (Å²) in [5, 5.41) is 11.3. The summed E-state index contributed by atoms with van der Waals surface area (Å²) in [5.41, 5.74) is 5.42. The number of amides is 1. The lowest BCUT2D eigenvalue weighted by atomic mass is 9.94. The van der Waals surface area contributed by atoms with Gasteiger partial charge in [0.15, 0.2) is 0 Å². The number of rotatable bonds is 4. The molecule has 6 nitrogen and oxygen atoms in total. The molecule has 2 rings (SSSR count). The van der Waals surface area contributed by atoms with Crippen LogP contribution in [0.1, 0.15) is 29.6 Å². The summed E-state index contributed by atoms with van der Waals surface area (Å²) in [7, 11) is 0. The largest absolute Gasteiger partial charge is 0.338 e. The number of likely N-dealkylation sites (tertiary alicyclic amines) is 1. The molecule has 1 atom stereocenters. The number of hydrogen-bond acceptors (Lipinski definition) is 4. The summed E-state index contributed by atoms with van der Waals surface area (Å²) < 4.78 is 0. The van der Waals surface area contributed by atoms with Gasteiger partial charge in [-0.3, -0.25) is 14.9 Å². The third kappa shape index (κ3) is 4.32. The van der Waals surface area contributed by atoms with E-state index in [1.165, 1.54) is 18.2 Å². The van der Waals surface area contributed by atoms with Gasteiger partial charge in [-0.1, -0.05) is 11.6 Å². The lowest BCUT2D eigenvalue weighted by molar-refractivity contribution is -0.385. The van der Waals surface area contributed by atoms with Crippen molar-refractivity contribution in [3.63, 3.8) is 0 Å². The maximum atomic E-state index is 12.5. The molecule has 1 amide bonds. The van der Waals surface area contributed by atoms with Crippen molar-refractivity contribution in [2.45, 2.75) is 19.3 Å². The Morgan fingerprint density at radius 3 is 2.86 bits per heavy atom. The highest BCUT2D eigenvalue weighted by molar-refractivity contribution is 6.31. The highest BCUT2D eigenvalue weighted by Gasteiger charge is 2.28. The van der Waals surface area contributed by atoms with Gasteiger partial charge in [0.2, 0.25) is 0 Å². The summed E-state index contributed by atoms with van der Waals surface area (Å²) in [6.45, 7) is 1.82. The Balaban J connectivity index is 0.00000242. The molecule has 0 bridgehead atoms. The molecule has 1 unspecified atom stereocenters. The molecule has 0 radical (unpaired) electrons. The Bertz CT molecular complexity index is 552. The first-order valence-corrected chi connectivity index (χ1v) is 7.34. The van der Waals surface area contributed by atoms with Crippen molar-refractivity contribution in [1.82, 2.24) is 4.90 Å². The van der Waals surface area contributed by atoms with Gasteiger partial charge in [-0.15, -0.1) is 12.4 Å². The fourth-order valence-electron chi connectivity index (χ4n) is 2.73. The predicted octanol–water partition coefficient (Wildman–Crippen LogP) is 2.87. The number of hydrogen-bond donors (Lipinski definition) is 1. The van der Waals surface area contributed by atoms with Gasteiger partial charge in [-0.2, -0.15) is 0 Å². The minimum absolute atomic E-state index is 0. The van der Waals surface area contributed by atoms with E-state index in [2.05, 4.69) is 0 Å². The van der Waals surface area contributed by atoms with E-state index in [9.17, 15) is 14.9 Å². The number of carbonyl (C=O) groups is 1. The van der Waals surface area contributed by atoms with Crippen LogP contribution in [0.25, 0.3) is 0 Å². The fraction of sp³-hybridized carbons (Fsp3) is 0.500. The van der Waals surface area contributed by atoms with E-state index in [0.29, 0.717) is 25.6 Å². The van der Waals surface area contributed by atoms with Crippen molar-refractivity contribution in [3.8, 4) is 0 Å². The van der Waals surface area contributed by atoms with Gasteiger partial charge in [0.1, 0.15) is 5.56 Å². The molecular weight excluding hydrogens is 329 g/mol. The lowest BCUT2D eigenvalue weighted by Crippen LogP contribution is -2.40. The monoisotopic (exact) mass is 347 g/mol. The zero-order valence-electron chi connectivity index (χ0n) is 12.0.